The Morgan fingerprint density at radius 1 is 1.17 bits per heavy atom. The molecule has 0 atom stereocenters. The highest BCUT2D eigenvalue weighted by Crippen LogP contribution is 2.39. The smallest absolute Gasteiger partial charge is 0.372 e. The predicted molar refractivity (Wildman–Crippen MR) is 85.7 cm³/mol. The van der Waals surface area contributed by atoms with Crippen molar-refractivity contribution in [1.82, 2.24) is 0 Å². The topological polar surface area (TPSA) is 43.4 Å². The van der Waals surface area contributed by atoms with Gasteiger partial charge in [-0.2, -0.15) is 21.6 Å². The summed E-state index contributed by atoms with van der Waals surface area (Å²) in [5, 5.41) is 1.57. The number of halogens is 4. The summed E-state index contributed by atoms with van der Waals surface area (Å²) in [4.78, 5) is -0.146. The van der Waals surface area contributed by atoms with E-state index >= 15 is 0 Å². The zero-order valence-electron chi connectivity index (χ0n) is 11.6. The molecule has 0 aliphatic heterocycles. The highest BCUT2D eigenvalue weighted by molar-refractivity contribution is 9.15. The summed E-state index contributed by atoms with van der Waals surface area (Å²) in [6.07, 6.45) is -4.97. The van der Waals surface area contributed by atoms with Gasteiger partial charge in [0.2, 0.25) is 5.76 Å². The van der Waals surface area contributed by atoms with Gasteiger partial charge in [0.05, 0.1) is 4.48 Å². The third-order valence-electron chi connectivity index (χ3n) is 2.70. The lowest BCUT2D eigenvalue weighted by molar-refractivity contribution is -0.114. The summed E-state index contributed by atoms with van der Waals surface area (Å²) in [5.74, 6) is -1.61. The fourth-order valence-corrected chi connectivity index (χ4v) is 4.03. The molecule has 0 fully saturated rings. The minimum absolute atomic E-state index is 0.205. The van der Waals surface area contributed by atoms with E-state index in [9.17, 15) is 21.6 Å². The van der Waals surface area contributed by atoms with Crippen LogP contribution in [-0.2, 0) is 14.3 Å². The summed E-state index contributed by atoms with van der Waals surface area (Å²) in [5.41, 5.74) is 0.773. The number of allylic oxidation sites excluding steroid dienone is 1. The Morgan fingerprint density at radius 3 is 2.26 bits per heavy atom. The number of benzene rings is 1. The molecule has 0 saturated carbocycles. The first-order valence-electron chi connectivity index (χ1n) is 6.13. The first-order chi connectivity index (χ1) is 10.6. The van der Waals surface area contributed by atoms with E-state index in [1.807, 2.05) is 0 Å². The normalized spacial score (nSPS) is 13.6. The molecule has 0 amide bonds. The van der Waals surface area contributed by atoms with Gasteiger partial charge in [-0.25, -0.2) is 0 Å². The Hall–Kier alpha value is -1.32. The quantitative estimate of drug-likeness (QED) is 0.505. The van der Waals surface area contributed by atoms with E-state index in [0.717, 1.165) is 16.9 Å². The highest BCUT2D eigenvalue weighted by Gasteiger charge is 2.42. The molecule has 3 nitrogen and oxygen atoms in total. The van der Waals surface area contributed by atoms with Crippen LogP contribution in [0.3, 0.4) is 0 Å². The van der Waals surface area contributed by atoms with Crippen LogP contribution < -0.4 is 0 Å². The van der Waals surface area contributed by atoms with Crippen molar-refractivity contribution in [3.63, 3.8) is 0 Å². The highest BCUT2D eigenvalue weighted by atomic mass is 79.9. The summed E-state index contributed by atoms with van der Waals surface area (Å²) in [7, 11) is -4.60. The molecule has 2 aromatic rings. The Balaban J connectivity index is 2.47. The molecule has 2 rings (SSSR count). The van der Waals surface area contributed by atoms with Crippen molar-refractivity contribution in [2.24, 2.45) is 0 Å². The van der Waals surface area contributed by atoms with Crippen molar-refractivity contribution in [3.8, 4) is 0 Å². The Kier molecular flexibility index (Phi) is 5.22. The third-order valence-corrected chi connectivity index (χ3v) is 5.87. The van der Waals surface area contributed by atoms with Gasteiger partial charge in [0.25, 0.3) is 0 Å². The average Bonchev–Trinajstić information content (AvgIpc) is 2.97. The van der Waals surface area contributed by atoms with E-state index < -0.39 is 26.5 Å². The van der Waals surface area contributed by atoms with Crippen LogP contribution in [0.1, 0.15) is 10.4 Å². The molecule has 0 aliphatic carbocycles. The van der Waals surface area contributed by atoms with Crippen molar-refractivity contribution in [3.05, 3.63) is 58.0 Å². The number of aryl methyl sites for hydroxylation is 1. The monoisotopic (exact) mass is 426 g/mol. The van der Waals surface area contributed by atoms with Crippen LogP contribution in [-0.4, -0.2) is 14.6 Å². The lowest BCUT2D eigenvalue weighted by Crippen LogP contribution is -2.19. The van der Waals surface area contributed by atoms with Crippen LogP contribution >= 0.6 is 27.3 Å². The fourth-order valence-electron chi connectivity index (χ4n) is 1.59. The molecular weight excluding hydrogens is 417 g/mol. The number of thiophene rings is 1. The van der Waals surface area contributed by atoms with Crippen molar-refractivity contribution in [1.29, 1.82) is 0 Å². The lowest BCUT2D eigenvalue weighted by atomic mass is 10.2. The van der Waals surface area contributed by atoms with E-state index in [-0.39, 0.29) is 9.77 Å². The minimum atomic E-state index is -4.97. The van der Waals surface area contributed by atoms with Crippen molar-refractivity contribution < 1.29 is 25.8 Å². The number of hydrogen-bond acceptors (Lipinski definition) is 4. The van der Waals surface area contributed by atoms with Gasteiger partial charge in [-0.05, 0) is 46.4 Å². The van der Waals surface area contributed by atoms with Gasteiger partial charge in [-0.3, -0.25) is 0 Å². The second-order valence-electron chi connectivity index (χ2n) is 4.47. The van der Waals surface area contributed by atoms with Gasteiger partial charge in [-0.1, -0.05) is 23.8 Å². The molecule has 0 saturated heterocycles. The second-order valence-corrected chi connectivity index (χ2v) is 7.76. The van der Waals surface area contributed by atoms with E-state index in [1.54, 1.807) is 18.4 Å². The van der Waals surface area contributed by atoms with E-state index in [2.05, 4.69) is 20.1 Å². The maximum atomic E-state index is 13.2. The van der Waals surface area contributed by atoms with Crippen LogP contribution in [0, 0.1) is 6.92 Å². The zero-order valence-corrected chi connectivity index (χ0v) is 14.8. The number of hydrogen-bond donors (Lipinski definition) is 0. The number of rotatable bonds is 4. The first kappa shape index (κ1) is 18.0. The Labute approximate surface area is 143 Å². The van der Waals surface area contributed by atoms with Gasteiger partial charge < -0.3 is 4.18 Å². The SMILES string of the molecule is Cc1ccc(S(=O)(=O)O/C(=C(/Br)c2cccs2)C(F)(F)F)cc1. The van der Waals surface area contributed by atoms with Gasteiger partial charge in [0.15, 0.2) is 0 Å². The molecular formula is C14H10BrF3O3S2. The first-order valence-corrected chi connectivity index (χ1v) is 9.21. The van der Waals surface area contributed by atoms with E-state index in [0.29, 0.717) is 0 Å². The van der Waals surface area contributed by atoms with E-state index in [4.69, 9.17) is 0 Å². The fraction of sp³-hybridized carbons (Fsp3) is 0.143. The van der Waals surface area contributed by atoms with Crippen molar-refractivity contribution in [2.45, 2.75) is 18.0 Å². The molecule has 0 spiro atoms. The molecule has 0 aliphatic rings. The predicted octanol–water partition coefficient (Wildman–Crippen LogP) is 5.09. The maximum absolute atomic E-state index is 13.2. The van der Waals surface area contributed by atoms with Gasteiger partial charge >= 0.3 is 16.3 Å². The molecule has 9 heteroatoms. The molecule has 124 valence electrons. The summed E-state index contributed by atoms with van der Waals surface area (Å²) in [6, 6.07) is 8.30. The Bertz CT molecular complexity index is 808. The van der Waals surface area contributed by atoms with Gasteiger partial charge in [0.1, 0.15) is 4.90 Å². The molecule has 0 unspecified atom stereocenters. The number of alkyl halides is 3. The summed E-state index contributed by atoms with van der Waals surface area (Å²) < 4.78 is 67.7. The molecule has 1 heterocycles. The third kappa shape index (κ3) is 4.36. The van der Waals surface area contributed by atoms with Crippen LogP contribution in [0.4, 0.5) is 13.2 Å². The second kappa shape index (κ2) is 6.66. The van der Waals surface area contributed by atoms with Crippen LogP contribution in [0.5, 0.6) is 0 Å². The van der Waals surface area contributed by atoms with Gasteiger partial charge in [0, 0.05) is 4.88 Å². The Morgan fingerprint density at radius 2 is 1.78 bits per heavy atom. The molecule has 1 aromatic heterocycles. The standard InChI is InChI=1S/C14H10BrF3O3S2/c1-9-4-6-10(7-5-9)23(19,20)21-13(14(16,17)18)12(15)11-3-2-8-22-11/h2-8H,1H3/b13-12+. The zero-order chi connectivity index (χ0) is 17.3. The maximum Gasteiger partial charge on any atom is 0.451 e. The summed E-state index contributed by atoms with van der Waals surface area (Å²) >= 11 is 3.80. The summed E-state index contributed by atoms with van der Waals surface area (Å²) in [6.45, 7) is 1.73. The molecule has 0 N–H and O–H groups in total. The van der Waals surface area contributed by atoms with Gasteiger partial charge in [-0.15, -0.1) is 11.3 Å². The van der Waals surface area contributed by atoms with Crippen molar-refractivity contribution >= 4 is 41.9 Å². The lowest BCUT2D eigenvalue weighted by Gasteiger charge is -2.15. The largest absolute Gasteiger partial charge is 0.451 e. The van der Waals surface area contributed by atoms with Crippen LogP contribution in [0.15, 0.2) is 52.4 Å². The van der Waals surface area contributed by atoms with Crippen LogP contribution in [0.2, 0.25) is 0 Å². The minimum Gasteiger partial charge on any atom is -0.372 e. The molecule has 0 radical (unpaired) electrons. The molecule has 1 aromatic carbocycles. The van der Waals surface area contributed by atoms with Crippen LogP contribution in [0.25, 0.3) is 4.48 Å². The molecule has 23 heavy (non-hydrogen) atoms. The molecule has 0 bridgehead atoms. The van der Waals surface area contributed by atoms with Crippen molar-refractivity contribution in [2.75, 3.05) is 0 Å². The van der Waals surface area contributed by atoms with E-state index in [1.165, 1.54) is 30.3 Å². The average molecular weight is 427 g/mol.